The highest BCUT2D eigenvalue weighted by Crippen LogP contribution is 2.77. The number of ether oxygens (including phenoxy) is 1. The summed E-state index contributed by atoms with van der Waals surface area (Å²) in [5.41, 5.74) is -2.01. The molecule has 1 saturated heterocycles. The lowest BCUT2D eigenvalue weighted by atomic mass is 10.6. The normalized spacial score (nSPS) is 29.9. The second-order valence-corrected chi connectivity index (χ2v) is 26.1. The zero-order valence-electron chi connectivity index (χ0n) is 16.1. The fraction of sp³-hybridized carbons (Fsp3) is 0.923. The highest BCUT2D eigenvalue weighted by molar-refractivity contribution is 7.66. The van der Waals surface area contributed by atoms with Crippen molar-refractivity contribution in [2.45, 2.75) is 64.5 Å². The lowest BCUT2D eigenvalue weighted by Crippen LogP contribution is -2.75. The van der Waals surface area contributed by atoms with E-state index < -0.39 is 43.8 Å². The Bertz CT molecular complexity index is 519. The first-order valence-electron chi connectivity index (χ1n) is 7.80. The van der Waals surface area contributed by atoms with Crippen LogP contribution < -0.4 is 0 Å². The number of hydrogen-bond acceptors (Lipinski definition) is 4. The van der Waals surface area contributed by atoms with Crippen molar-refractivity contribution in [2.75, 3.05) is 13.5 Å². The first-order valence-corrected chi connectivity index (χ1v) is 19.8. The molecule has 0 aromatic carbocycles. The molecule has 136 valence electrons. The summed E-state index contributed by atoms with van der Waals surface area (Å²) in [5, 5.41) is 11.4. The summed E-state index contributed by atoms with van der Waals surface area (Å²) in [6.07, 6.45) is -0.150. The molecule has 1 aliphatic rings. The third-order valence-corrected chi connectivity index (χ3v) is 17.2. The predicted molar refractivity (Wildman–Crippen MR) is 102 cm³/mol. The van der Waals surface area contributed by atoms with Crippen LogP contribution in [0.3, 0.4) is 0 Å². The molecule has 2 unspecified atom stereocenters. The Kier molecular flexibility index (Phi) is 5.45. The van der Waals surface area contributed by atoms with Crippen LogP contribution >= 0.6 is 7.37 Å². The Morgan fingerprint density at radius 3 is 1.74 bits per heavy atom. The highest BCUT2D eigenvalue weighted by Gasteiger charge is 2.89. The van der Waals surface area contributed by atoms with Crippen LogP contribution in [-0.4, -0.2) is 55.0 Å². The van der Waals surface area contributed by atoms with Gasteiger partial charge >= 0.3 is 43.8 Å². The fourth-order valence-corrected chi connectivity index (χ4v) is 21.8. The Morgan fingerprint density at radius 1 is 1.09 bits per heavy atom. The number of methoxy groups -OCH3 is 1. The highest BCUT2D eigenvalue weighted by atomic mass is 31.2. The van der Waals surface area contributed by atoms with Gasteiger partial charge in [0.15, 0.2) is 6.35 Å². The van der Waals surface area contributed by atoms with Crippen LogP contribution in [0.15, 0.2) is 0 Å². The van der Waals surface area contributed by atoms with E-state index in [2.05, 4.69) is 7.59 Å². The molecule has 0 spiro atoms. The van der Waals surface area contributed by atoms with Gasteiger partial charge in [0.2, 0.25) is 0 Å². The molecule has 10 heteroatoms. The molecule has 0 radical (unpaired) electrons. The molecule has 2 atom stereocenters. The second-order valence-electron chi connectivity index (χ2n) is 8.91. The molecular formula is C13H33O6PSi3+2. The van der Waals surface area contributed by atoms with Gasteiger partial charge in [-0.25, -0.2) is 4.57 Å². The average Bonchev–Trinajstić information content (AvgIpc) is 2.22. The topological polar surface area (TPSA) is 69.0 Å². The minimum absolute atomic E-state index is 0.150. The summed E-state index contributed by atoms with van der Waals surface area (Å²) in [7, 11) is -8.70. The SMILES string of the molecule is COCP1(=O)[O+]([Si](C)(C)C)C(=O)C1(O)[O+]([Si](C)(C)C)[Si](C)(C)C. The Hall–Kier alpha value is 0.231. The molecule has 1 aliphatic heterocycles. The van der Waals surface area contributed by atoms with Crippen molar-refractivity contribution in [1.82, 2.24) is 0 Å². The zero-order valence-corrected chi connectivity index (χ0v) is 20.0. The van der Waals surface area contributed by atoms with Crippen molar-refractivity contribution in [3.8, 4) is 0 Å². The Balaban J connectivity index is 3.59. The van der Waals surface area contributed by atoms with E-state index in [0.29, 0.717) is 0 Å². The maximum Gasteiger partial charge on any atom is 0.627 e. The van der Waals surface area contributed by atoms with Gasteiger partial charge in [0, 0.05) is 46.4 Å². The fourth-order valence-electron chi connectivity index (χ4n) is 3.51. The Labute approximate surface area is 143 Å². The molecule has 0 aromatic heterocycles. The van der Waals surface area contributed by atoms with E-state index in [0.717, 1.165) is 0 Å². The summed E-state index contributed by atoms with van der Waals surface area (Å²) in [6.45, 7) is 18.0. The molecule has 0 saturated carbocycles. The summed E-state index contributed by atoms with van der Waals surface area (Å²) < 4.78 is 24.4. The van der Waals surface area contributed by atoms with Crippen LogP contribution in [0.5, 0.6) is 0 Å². The lowest BCUT2D eigenvalue weighted by molar-refractivity contribution is -0.225. The van der Waals surface area contributed by atoms with E-state index in [9.17, 15) is 14.5 Å². The molecule has 0 aromatic rings. The average molecular weight is 401 g/mol. The van der Waals surface area contributed by atoms with E-state index in [1.807, 2.05) is 58.9 Å². The molecule has 23 heavy (non-hydrogen) atoms. The summed E-state index contributed by atoms with van der Waals surface area (Å²) in [5.74, 6) is -0.507. The van der Waals surface area contributed by atoms with Gasteiger partial charge in [-0.3, -0.25) is 0 Å². The van der Waals surface area contributed by atoms with Gasteiger partial charge < -0.3 is 17.4 Å². The van der Waals surface area contributed by atoms with Crippen molar-refractivity contribution in [3.63, 3.8) is 0 Å². The molecular weight excluding hydrogens is 367 g/mol. The van der Waals surface area contributed by atoms with E-state index in [-0.39, 0.29) is 6.35 Å². The predicted octanol–water partition coefficient (Wildman–Crippen LogP) is 3.66. The van der Waals surface area contributed by atoms with Crippen LogP contribution in [0.1, 0.15) is 0 Å². The summed E-state index contributed by atoms with van der Waals surface area (Å²) in [4.78, 5) is 13.0. The maximum absolute atomic E-state index is 13.8. The smallest absolute Gasteiger partial charge is 0.569 e. The lowest BCUT2D eigenvalue weighted by Gasteiger charge is -2.59. The van der Waals surface area contributed by atoms with Crippen molar-refractivity contribution in [2.24, 2.45) is 0 Å². The number of hydrogen-bond donors (Lipinski definition) is 1. The molecule has 1 heterocycles. The van der Waals surface area contributed by atoms with Crippen LogP contribution in [0.4, 0.5) is 0 Å². The van der Waals surface area contributed by atoms with Gasteiger partial charge in [0.05, 0.1) is 4.79 Å². The van der Waals surface area contributed by atoms with Gasteiger partial charge in [-0.15, -0.1) is 0 Å². The standard InChI is InChI=1S/C13H33O6PSi3/c1-17-11-20(16)13(15,12(14)18(20)21(2,3)4)19(22(5,6)7)23(8,9)10/h15H,11H2,1-10H3/q+2. The molecule has 1 N–H and O–H groups in total. The molecule has 1 fully saturated rings. The summed E-state index contributed by atoms with van der Waals surface area (Å²) in [6, 6.07) is 0. The third kappa shape index (κ3) is 3.21. The first kappa shape index (κ1) is 21.3. The van der Waals surface area contributed by atoms with E-state index in [4.69, 9.17) is 4.74 Å². The number of carbonyl (C=O) groups is 1. The largest absolute Gasteiger partial charge is 0.627 e. The van der Waals surface area contributed by atoms with Crippen molar-refractivity contribution < 1.29 is 26.8 Å². The number of rotatable bonds is 6. The van der Waals surface area contributed by atoms with Gasteiger partial charge in [0.25, 0.3) is 0 Å². The quantitative estimate of drug-likeness (QED) is 0.320. The Morgan fingerprint density at radius 2 is 1.48 bits per heavy atom. The molecule has 1 rings (SSSR count). The van der Waals surface area contributed by atoms with Gasteiger partial charge in [-0.05, 0) is 19.6 Å². The van der Waals surface area contributed by atoms with Gasteiger partial charge in [-0.1, -0.05) is 0 Å². The van der Waals surface area contributed by atoms with Crippen molar-refractivity contribution in [3.05, 3.63) is 0 Å². The molecule has 6 nitrogen and oxygen atoms in total. The van der Waals surface area contributed by atoms with Crippen molar-refractivity contribution >= 4 is 38.3 Å². The van der Waals surface area contributed by atoms with E-state index in [1.165, 1.54) is 7.11 Å². The molecule has 0 bridgehead atoms. The van der Waals surface area contributed by atoms with Crippen LogP contribution in [0, 0.1) is 0 Å². The minimum Gasteiger partial charge on any atom is -0.569 e. The van der Waals surface area contributed by atoms with Gasteiger partial charge in [0.1, 0.15) is 0 Å². The maximum atomic E-state index is 13.8. The summed E-state index contributed by atoms with van der Waals surface area (Å²) >= 11 is 0. The first-order chi connectivity index (χ1) is 9.95. The monoisotopic (exact) mass is 400 g/mol. The van der Waals surface area contributed by atoms with Crippen LogP contribution in [0.25, 0.3) is 0 Å². The van der Waals surface area contributed by atoms with Crippen LogP contribution in [0.2, 0.25) is 58.9 Å². The third-order valence-electron chi connectivity index (χ3n) is 3.59. The van der Waals surface area contributed by atoms with E-state index in [1.54, 1.807) is 0 Å². The molecule has 0 aliphatic carbocycles. The van der Waals surface area contributed by atoms with E-state index >= 15 is 0 Å². The van der Waals surface area contributed by atoms with Crippen molar-refractivity contribution in [1.29, 1.82) is 0 Å². The number of carbonyl (C=O) groups excluding carboxylic acids is 1. The number of aliphatic hydroxyl groups is 1. The van der Waals surface area contributed by atoms with Gasteiger partial charge in [-0.2, -0.15) is 0 Å². The zero-order chi connectivity index (χ0) is 18.6. The minimum atomic E-state index is -3.50. The van der Waals surface area contributed by atoms with Crippen LogP contribution in [-0.2, 0) is 21.7 Å². The second kappa shape index (κ2) is 5.89. The molecule has 0 amide bonds.